The van der Waals surface area contributed by atoms with Crippen LogP contribution in [0.1, 0.15) is 232 Å². The summed E-state index contributed by atoms with van der Waals surface area (Å²) < 4.78 is 0. The number of unbranched alkanes of at least 4 members (excludes halogenated alkanes) is 30. The van der Waals surface area contributed by atoms with Crippen molar-refractivity contribution < 1.29 is 24.3 Å². The molecule has 0 atom stereocenters. The van der Waals surface area contributed by atoms with Gasteiger partial charge in [0.25, 0.3) is 0 Å². The van der Waals surface area contributed by atoms with Crippen molar-refractivity contribution in [3.05, 3.63) is 0 Å². The van der Waals surface area contributed by atoms with Crippen LogP contribution in [0.25, 0.3) is 0 Å². The Bertz CT molecular complexity index is 397. The number of Topliss-reactive ketones (excluding diaryl/α,β-unsaturated/α-hetero) is 1. The minimum atomic E-state index is 0. The van der Waals surface area contributed by atoms with Crippen LogP contribution in [-0.4, -0.2) is 5.78 Å². The minimum Gasteiger partial charge on any atom is -0.300 e. The van der Waals surface area contributed by atoms with Crippen molar-refractivity contribution in [1.29, 1.82) is 0 Å². The molecule has 1 nitrogen and oxygen atoms in total. The van der Waals surface area contributed by atoms with Crippen LogP contribution < -0.4 is 0 Å². The van der Waals surface area contributed by atoms with E-state index in [1.165, 1.54) is 193 Å². The van der Waals surface area contributed by atoms with E-state index in [9.17, 15) is 4.79 Å². The van der Waals surface area contributed by atoms with Gasteiger partial charge in [-0.15, -0.1) is 0 Å². The van der Waals surface area contributed by atoms with Crippen LogP contribution in [-0.2, 0) is 24.3 Å². The summed E-state index contributed by atoms with van der Waals surface area (Å²) in [4.78, 5) is 12.1. The Morgan fingerprint density at radius 2 is 0.436 bits per heavy atom. The van der Waals surface area contributed by atoms with Crippen molar-refractivity contribution in [3.63, 3.8) is 0 Å². The zero-order chi connectivity index (χ0) is 27.6. The van der Waals surface area contributed by atoms with Crippen molar-refractivity contribution in [1.82, 2.24) is 0 Å². The van der Waals surface area contributed by atoms with Gasteiger partial charge in [-0.3, -0.25) is 4.79 Å². The summed E-state index contributed by atoms with van der Waals surface area (Å²) in [6.45, 7) is 4.59. The van der Waals surface area contributed by atoms with Gasteiger partial charge < -0.3 is 0 Å². The zero-order valence-corrected chi connectivity index (χ0v) is 30.6. The van der Waals surface area contributed by atoms with Crippen molar-refractivity contribution in [2.75, 3.05) is 0 Å². The van der Waals surface area contributed by atoms with Gasteiger partial charge in [0.05, 0.1) is 0 Å². The maximum absolute atomic E-state index is 12.1. The van der Waals surface area contributed by atoms with Crippen molar-refractivity contribution in [2.45, 2.75) is 232 Å². The molecule has 0 aliphatic carbocycles. The van der Waals surface area contributed by atoms with Gasteiger partial charge in [0.15, 0.2) is 0 Å². The number of hydrogen-bond acceptors (Lipinski definition) is 1. The number of rotatable bonds is 34. The maximum Gasteiger partial charge on any atom is 0.132 e. The second-order valence-corrected chi connectivity index (χ2v) is 12.6. The molecule has 0 unspecified atom stereocenters. The third kappa shape index (κ3) is 38.3. The SMILES string of the molecule is CCCCCCCCCCCCCCCCCCC(=O)CCCCCCCCCCCCCCCCCC.[Zn]. The van der Waals surface area contributed by atoms with Crippen LogP contribution in [0.2, 0.25) is 0 Å². The summed E-state index contributed by atoms with van der Waals surface area (Å²) in [6.07, 6.45) is 46.4. The average molecular weight is 600 g/mol. The minimum absolute atomic E-state index is 0. The van der Waals surface area contributed by atoms with E-state index in [-0.39, 0.29) is 19.5 Å². The van der Waals surface area contributed by atoms with Gasteiger partial charge in [-0.2, -0.15) is 0 Å². The fourth-order valence-corrected chi connectivity index (χ4v) is 5.87. The summed E-state index contributed by atoms with van der Waals surface area (Å²) in [5, 5.41) is 0. The molecule has 0 bridgehead atoms. The van der Waals surface area contributed by atoms with E-state index in [1.807, 2.05) is 0 Å². The second-order valence-electron chi connectivity index (χ2n) is 12.6. The maximum atomic E-state index is 12.1. The predicted octanol–water partition coefficient (Wildman–Crippen LogP) is 13.9. The molecule has 0 saturated carbocycles. The quantitative estimate of drug-likeness (QED) is 0.0531. The number of carbonyl (C=O) groups is 1. The van der Waals surface area contributed by atoms with E-state index < -0.39 is 0 Å². The third-order valence-corrected chi connectivity index (χ3v) is 8.62. The van der Waals surface area contributed by atoms with Gasteiger partial charge in [-0.05, 0) is 12.8 Å². The van der Waals surface area contributed by atoms with Gasteiger partial charge in [-0.25, -0.2) is 0 Å². The molecule has 0 fully saturated rings. The normalized spacial score (nSPS) is 11.1. The van der Waals surface area contributed by atoms with Gasteiger partial charge >= 0.3 is 0 Å². The summed E-state index contributed by atoms with van der Waals surface area (Å²) >= 11 is 0. The Labute approximate surface area is 261 Å². The van der Waals surface area contributed by atoms with Crippen LogP contribution in [0, 0.1) is 0 Å². The Balaban J connectivity index is 0. The molecule has 39 heavy (non-hydrogen) atoms. The predicted molar refractivity (Wildman–Crippen MR) is 173 cm³/mol. The molecule has 0 amide bonds. The third-order valence-electron chi connectivity index (χ3n) is 8.62. The Kier molecular flexibility index (Phi) is 40.7. The van der Waals surface area contributed by atoms with Crippen LogP contribution in [0.4, 0.5) is 0 Å². The van der Waals surface area contributed by atoms with E-state index in [0.717, 1.165) is 25.7 Å². The average Bonchev–Trinajstić information content (AvgIpc) is 2.92. The Morgan fingerprint density at radius 1 is 0.282 bits per heavy atom. The van der Waals surface area contributed by atoms with Crippen LogP contribution in [0.3, 0.4) is 0 Å². The first-order valence-electron chi connectivity index (χ1n) is 18.3. The summed E-state index contributed by atoms with van der Waals surface area (Å²) in [7, 11) is 0. The molecule has 0 aromatic heterocycles. The number of ketones is 1. The van der Waals surface area contributed by atoms with Crippen molar-refractivity contribution in [2.24, 2.45) is 0 Å². The molecule has 2 heteroatoms. The van der Waals surface area contributed by atoms with E-state index in [2.05, 4.69) is 13.8 Å². The zero-order valence-electron chi connectivity index (χ0n) is 27.7. The molecule has 0 aromatic carbocycles. The van der Waals surface area contributed by atoms with Gasteiger partial charge in [0.2, 0.25) is 0 Å². The van der Waals surface area contributed by atoms with E-state index in [1.54, 1.807) is 0 Å². The topological polar surface area (TPSA) is 17.1 Å². The van der Waals surface area contributed by atoms with Gasteiger partial charge in [0, 0.05) is 32.3 Å². The molecule has 0 radical (unpaired) electrons. The standard InChI is InChI=1S/C37H74O.Zn/c1-3-5-7-9-11-13-15-17-19-21-23-25-27-29-31-33-35-37(38)36-34-32-30-28-26-24-22-20-18-16-14-12-10-8-6-4-2;/h3-36H2,1-2H3;. The first-order valence-corrected chi connectivity index (χ1v) is 18.3. The largest absolute Gasteiger partial charge is 0.300 e. The molecule has 0 aliphatic heterocycles. The smallest absolute Gasteiger partial charge is 0.132 e. The first kappa shape index (κ1) is 41.4. The molecule has 0 N–H and O–H groups in total. The van der Waals surface area contributed by atoms with Crippen LogP contribution in [0.15, 0.2) is 0 Å². The summed E-state index contributed by atoms with van der Waals surface area (Å²) in [5.74, 6) is 0.528. The monoisotopic (exact) mass is 599 g/mol. The summed E-state index contributed by atoms with van der Waals surface area (Å²) in [5.41, 5.74) is 0. The Hall–Kier alpha value is 0.293. The fourth-order valence-electron chi connectivity index (χ4n) is 5.87. The van der Waals surface area contributed by atoms with E-state index in [4.69, 9.17) is 0 Å². The molecule has 230 valence electrons. The number of carbonyl (C=O) groups excluding carboxylic acids is 1. The van der Waals surface area contributed by atoms with E-state index in [0.29, 0.717) is 5.78 Å². The summed E-state index contributed by atoms with van der Waals surface area (Å²) in [6, 6.07) is 0. The molecular formula is C37H74OZn. The van der Waals surface area contributed by atoms with Crippen LogP contribution >= 0.6 is 0 Å². The molecule has 0 heterocycles. The van der Waals surface area contributed by atoms with Crippen LogP contribution in [0.5, 0.6) is 0 Å². The molecule has 0 aliphatic rings. The first-order chi connectivity index (χ1) is 18.8. The molecule has 0 saturated heterocycles. The molecule has 0 rings (SSSR count). The van der Waals surface area contributed by atoms with Crippen molar-refractivity contribution in [3.8, 4) is 0 Å². The molecule has 0 aromatic rings. The van der Waals surface area contributed by atoms with Crippen molar-refractivity contribution >= 4 is 5.78 Å². The fraction of sp³-hybridized carbons (Fsp3) is 0.973. The van der Waals surface area contributed by atoms with Gasteiger partial charge in [0.1, 0.15) is 5.78 Å². The van der Waals surface area contributed by atoms with E-state index >= 15 is 0 Å². The van der Waals surface area contributed by atoms with Gasteiger partial charge in [-0.1, -0.05) is 206 Å². The second kappa shape index (κ2) is 38.3. The molecule has 0 spiro atoms. The number of hydrogen-bond donors (Lipinski definition) is 0. The Morgan fingerprint density at radius 3 is 0.615 bits per heavy atom. The molecular weight excluding hydrogens is 526 g/mol.